The number of amides is 2. The Balaban J connectivity index is 1.81. The molecule has 0 spiro atoms. The summed E-state index contributed by atoms with van der Waals surface area (Å²) in [6.07, 6.45) is 5.35. The quantitative estimate of drug-likeness (QED) is 0.527. The molecule has 10 heteroatoms. The Morgan fingerprint density at radius 1 is 1.31 bits per heavy atom. The minimum atomic E-state index is -0.300. The van der Waals surface area contributed by atoms with Crippen molar-refractivity contribution in [2.45, 2.75) is 33.1 Å². The number of piperidine rings is 1. The van der Waals surface area contributed by atoms with E-state index in [1.165, 1.54) is 16.2 Å². The van der Waals surface area contributed by atoms with E-state index in [2.05, 4.69) is 0 Å². The van der Waals surface area contributed by atoms with Crippen LogP contribution in [0, 0.1) is 12.8 Å². The summed E-state index contributed by atoms with van der Waals surface area (Å²) in [5.74, 6) is -0.146. The number of carbonyl (C=O) groups is 2. The maximum Gasteiger partial charge on any atom is 0.267 e. The number of thioether (sulfide) groups is 1. The molecule has 8 nitrogen and oxygen atoms in total. The number of nitrogens with zero attached hydrogens (tertiary/aromatic N) is 4. The highest BCUT2D eigenvalue weighted by Gasteiger charge is 2.33. The predicted octanol–water partition coefficient (Wildman–Crippen LogP) is 2.32. The van der Waals surface area contributed by atoms with Gasteiger partial charge in [-0.25, -0.2) is 4.98 Å². The van der Waals surface area contributed by atoms with Gasteiger partial charge in [0.1, 0.15) is 15.8 Å². The standard InChI is InChI=1S/C22H25N5O3S2/c1-3-8-26-21(30)16(32-22(26)31)11-15-19(25-9-6-14(7-10-25)18(23)28)24-17-5-4-13(2)12-27(17)20(15)29/h4-5,11-12,14H,3,6-10H2,1-2H3,(H2,23,28). The van der Waals surface area contributed by atoms with Gasteiger partial charge in [-0.3, -0.25) is 23.7 Å². The summed E-state index contributed by atoms with van der Waals surface area (Å²) in [5, 5.41) is 0. The zero-order chi connectivity index (χ0) is 23.0. The molecule has 4 heterocycles. The van der Waals surface area contributed by atoms with Crippen LogP contribution in [0.5, 0.6) is 0 Å². The highest BCUT2D eigenvalue weighted by Crippen LogP contribution is 2.34. The number of pyridine rings is 1. The van der Waals surface area contributed by atoms with Crippen LogP contribution in [0.1, 0.15) is 37.3 Å². The largest absolute Gasteiger partial charge is 0.369 e. The summed E-state index contributed by atoms with van der Waals surface area (Å²) in [5.41, 5.74) is 7.04. The lowest BCUT2D eigenvalue weighted by molar-refractivity contribution is -0.123. The summed E-state index contributed by atoms with van der Waals surface area (Å²) < 4.78 is 2.00. The maximum atomic E-state index is 13.5. The smallest absolute Gasteiger partial charge is 0.267 e. The van der Waals surface area contributed by atoms with Crippen LogP contribution in [0.25, 0.3) is 11.7 Å². The third-order valence-corrected chi connectivity index (χ3v) is 7.16. The number of anilines is 1. The fraction of sp³-hybridized carbons (Fsp3) is 0.409. The highest BCUT2D eigenvalue weighted by atomic mass is 32.2. The number of carbonyl (C=O) groups excluding carboxylic acids is 2. The van der Waals surface area contributed by atoms with E-state index in [9.17, 15) is 14.4 Å². The Morgan fingerprint density at radius 2 is 2.03 bits per heavy atom. The first-order valence-corrected chi connectivity index (χ1v) is 11.8. The Morgan fingerprint density at radius 3 is 2.69 bits per heavy atom. The minimum Gasteiger partial charge on any atom is -0.369 e. The molecule has 2 aliphatic heterocycles. The molecule has 0 bridgehead atoms. The van der Waals surface area contributed by atoms with Crippen molar-refractivity contribution in [2.75, 3.05) is 24.5 Å². The lowest BCUT2D eigenvalue weighted by Crippen LogP contribution is -2.40. The summed E-state index contributed by atoms with van der Waals surface area (Å²) >= 11 is 6.58. The predicted molar refractivity (Wildman–Crippen MR) is 131 cm³/mol. The van der Waals surface area contributed by atoms with E-state index in [1.54, 1.807) is 23.2 Å². The van der Waals surface area contributed by atoms with Crippen molar-refractivity contribution in [1.82, 2.24) is 14.3 Å². The molecule has 2 aromatic rings. The third kappa shape index (κ3) is 4.16. The van der Waals surface area contributed by atoms with Gasteiger partial charge >= 0.3 is 0 Å². The topological polar surface area (TPSA) is 101 Å². The molecular weight excluding hydrogens is 446 g/mol. The maximum absolute atomic E-state index is 13.5. The van der Waals surface area contributed by atoms with E-state index in [-0.39, 0.29) is 23.3 Å². The van der Waals surface area contributed by atoms with Crippen molar-refractivity contribution in [3.8, 4) is 0 Å². The van der Waals surface area contributed by atoms with Crippen LogP contribution < -0.4 is 16.2 Å². The molecule has 168 valence electrons. The number of hydrogen-bond donors (Lipinski definition) is 1. The number of hydrogen-bond acceptors (Lipinski definition) is 7. The van der Waals surface area contributed by atoms with Crippen LogP contribution in [0.2, 0.25) is 0 Å². The monoisotopic (exact) mass is 471 g/mol. The fourth-order valence-electron chi connectivity index (χ4n) is 4.04. The van der Waals surface area contributed by atoms with E-state index >= 15 is 0 Å². The van der Waals surface area contributed by atoms with Gasteiger partial charge in [0.05, 0.1) is 10.5 Å². The fourth-order valence-corrected chi connectivity index (χ4v) is 5.33. The molecule has 0 aromatic carbocycles. The average Bonchev–Trinajstić information content (AvgIpc) is 3.03. The first-order valence-electron chi connectivity index (χ1n) is 10.6. The van der Waals surface area contributed by atoms with Crippen LogP contribution in [-0.4, -0.2) is 50.1 Å². The van der Waals surface area contributed by atoms with Crippen molar-refractivity contribution in [2.24, 2.45) is 11.7 Å². The van der Waals surface area contributed by atoms with Gasteiger partial charge in [-0.1, -0.05) is 37.0 Å². The average molecular weight is 472 g/mol. The van der Waals surface area contributed by atoms with Gasteiger partial charge in [-0.2, -0.15) is 0 Å². The minimum absolute atomic E-state index is 0.177. The third-order valence-electron chi connectivity index (χ3n) is 5.78. The van der Waals surface area contributed by atoms with Gasteiger partial charge in [0.25, 0.3) is 11.5 Å². The van der Waals surface area contributed by atoms with Crippen LogP contribution in [0.15, 0.2) is 28.0 Å². The van der Waals surface area contributed by atoms with Crippen molar-refractivity contribution < 1.29 is 9.59 Å². The number of aryl methyl sites for hydroxylation is 1. The second-order valence-electron chi connectivity index (χ2n) is 8.09. The molecule has 0 saturated carbocycles. The summed E-state index contributed by atoms with van der Waals surface area (Å²) in [6, 6.07) is 3.71. The molecule has 32 heavy (non-hydrogen) atoms. The van der Waals surface area contributed by atoms with E-state index in [0.717, 1.165) is 12.0 Å². The second-order valence-corrected chi connectivity index (χ2v) is 9.76. The van der Waals surface area contributed by atoms with Crippen LogP contribution in [0.3, 0.4) is 0 Å². The van der Waals surface area contributed by atoms with E-state index in [4.69, 9.17) is 22.9 Å². The Bertz CT molecular complexity index is 1200. The Hall–Kier alpha value is -2.72. The molecule has 2 fully saturated rings. The van der Waals surface area contributed by atoms with Gasteiger partial charge in [0.15, 0.2) is 0 Å². The van der Waals surface area contributed by atoms with E-state index in [1.807, 2.05) is 24.8 Å². The zero-order valence-electron chi connectivity index (χ0n) is 18.0. The SMILES string of the molecule is CCCN1C(=O)C(=Cc2c(N3CCC(C(N)=O)CC3)nc3ccc(C)cn3c2=O)SC1=S. The van der Waals surface area contributed by atoms with E-state index < -0.39 is 0 Å². The molecule has 0 radical (unpaired) electrons. The summed E-state index contributed by atoms with van der Waals surface area (Å²) in [6.45, 7) is 5.55. The number of rotatable bonds is 5. The second kappa shape index (κ2) is 9.03. The van der Waals surface area contributed by atoms with Gasteiger partial charge in [-0.15, -0.1) is 0 Å². The lowest BCUT2D eigenvalue weighted by Gasteiger charge is -2.32. The molecule has 0 atom stereocenters. The van der Waals surface area contributed by atoms with Crippen molar-refractivity contribution >= 4 is 57.7 Å². The molecule has 0 aliphatic carbocycles. The van der Waals surface area contributed by atoms with Crippen molar-refractivity contribution in [3.05, 3.63) is 44.7 Å². The van der Waals surface area contributed by atoms with Gasteiger partial charge in [0, 0.05) is 31.7 Å². The molecule has 2 amide bonds. The number of thiocarbonyl (C=S) groups is 1. The first-order chi connectivity index (χ1) is 15.3. The Kier molecular flexibility index (Phi) is 6.34. The molecular formula is C22H25N5O3S2. The summed E-state index contributed by atoms with van der Waals surface area (Å²) in [7, 11) is 0. The molecule has 2 aromatic heterocycles. The lowest BCUT2D eigenvalue weighted by atomic mass is 9.96. The normalized spacial score (nSPS) is 18.9. The molecule has 2 aliphatic rings. The number of fused-ring (bicyclic) bond motifs is 1. The Labute approximate surface area is 195 Å². The van der Waals surface area contributed by atoms with Crippen LogP contribution in [-0.2, 0) is 9.59 Å². The molecule has 0 unspecified atom stereocenters. The first kappa shape index (κ1) is 22.5. The van der Waals surface area contributed by atoms with Gasteiger partial charge in [-0.05, 0) is 43.9 Å². The summed E-state index contributed by atoms with van der Waals surface area (Å²) in [4.78, 5) is 46.7. The van der Waals surface area contributed by atoms with Crippen LogP contribution in [0.4, 0.5) is 5.82 Å². The van der Waals surface area contributed by atoms with Crippen molar-refractivity contribution in [1.29, 1.82) is 0 Å². The van der Waals surface area contributed by atoms with E-state index in [0.29, 0.717) is 58.7 Å². The molecule has 2 saturated heterocycles. The molecule has 2 N–H and O–H groups in total. The molecule has 4 rings (SSSR count). The van der Waals surface area contributed by atoms with Gasteiger partial charge in [0.2, 0.25) is 5.91 Å². The highest BCUT2D eigenvalue weighted by molar-refractivity contribution is 8.26. The number of primary amides is 1. The number of nitrogens with two attached hydrogens (primary N) is 1. The number of aromatic nitrogens is 2. The van der Waals surface area contributed by atoms with Gasteiger partial charge < -0.3 is 10.6 Å². The zero-order valence-corrected chi connectivity index (χ0v) is 19.7. The van der Waals surface area contributed by atoms with Crippen LogP contribution >= 0.6 is 24.0 Å². The van der Waals surface area contributed by atoms with Crippen molar-refractivity contribution in [3.63, 3.8) is 0 Å².